The van der Waals surface area contributed by atoms with Gasteiger partial charge in [0.05, 0.1) is 11.4 Å². The second-order valence-corrected chi connectivity index (χ2v) is 2.20. The van der Waals surface area contributed by atoms with Gasteiger partial charge in [-0.15, -0.1) is 0 Å². The van der Waals surface area contributed by atoms with Crippen molar-refractivity contribution >= 4 is 18.1 Å². The summed E-state index contributed by atoms with van der Waals surface area (Å²) in [5.41, 5.74) is 1.54. The largest absolute Gasteiger partial charge is 0.289 e. The van der Waals surface area contributed by atoms with Gasteiger partial charge < -0.3 is 0 Å². The van der Waals surface area contributed by atoms with Gasteiger partial charge in [0.2, 0.25) is 0 Å². The number of anilines is 1. The molecule has 1 rings (SSSR count). The van der Waals surface area contributed by atoms with Gasteiger partial charge in [-0.3, -0.25) is 15.3 Å². The molecule has 0 aliphatic carbocycles. The Morgan fingerprint density at radius 2 is 1.91 bits per heavy atom. The van der Waals surface area contributed by atoms with Crippen molar-refractivity contribution in [3.05, 3.63) is 24.3 Å². The Labute approximate surface area is 65.6 Å². The standard InChI is InChI=1S/C8H10N2O/c1-9-7-3-5-8(6-4-7)10(2)11/h3-6,11H,1H2,2H3. The minimum Gasteiger partial charge on any atom is -0.289 e. The summed E-state index contributed by atoms with van der Waals surface area (Å²) in [6, 6.07) is 7.11. The van der Waals surface area contributed by atoms with Crippen LogP contribution in [0.2, 0.25) is 0 Å². The molecule has 0 aromatic heterocycles. The van der Waals surface area contributed by atoms with Gasteiger partial charge in [0.25, 0.3) is 0 Å². The quantitative estimate of drug-likeness (QED) is 0.515. The molecule has 0 amide bonds. The van der Waals surface area contributed by atoms with E-state index in [-0.39, 0.29) is 0 Å². The molecule has 3 nitrogen and oxygen atoms in total. The number of rotatable bonds is 2. The fourth-order valence-corrected chi connectivity index (χ4v) is 0.774. The Bertz CT molecular complexity index is 241. The number of hydrogen-bond donors (Lipinski definition) is 1. The van der Waals surface area contributed by atoms with Crippen LogP contribution in [0.4, 0.5) is 11.4 Å². The molecular formula is C8H10N2O. The lowest BCUT2D eigenvalue weighted by atomic mass is 10.3. The Hall–Kier alpha value is -1.35. The van der Waals surface area contributed by atoms with E-state index in [9.17, 15) is 0 Å². The highest BCUT2D eigenvalue weighted by Crippen LogP contribution is 2.16. The molecule has 0 fully saturated rings. The van der Waals surface area contributed by atoms with E-state index in [2.05, 4.69) is 11.7 Å². The summed E-state index contributed by atoms with van der Waals surface area (Å²) in [4.78, 5) is 3.72. The molecule has 0 saturated carbocycles. The maximum atomic E-state index is 8.97. The monoisotopic (exact) mass is 150 g/mol. The minimum atomic E-state index is 0.734. The number of benzene rings is 1. The van der Waals surface area contributed by atoms with E-state index >= 15 is 0 Å². The van der Waals surface area contributed by atoms with E-state index < -0.39 is 0 Å². The fourth-order valence-electron chi connectivity index (χ4n) is 0.774. The third-order valence-corrected chi connectivity index (χ3v) is 1.41. The Morgan fingerprint density at radius 1 is 1.36 bits per heavy atom. The van der Waals surface area contributed by atoms with Crippen molar-refractivity contribution in [1.82, 2.24) is 0 Å². The molecule has 0 saturated heterocycles. The number of aliphatic imine (C=N–C) groups is 1. The number of nitrogens with zero attached hydrogens (tertiary/aromatic N) is 2. The van der Waals surface area contributed by atoms with Crippen molar-refractivity contribution in [1.29, 1.82) is 0 Å². The molecule has 0 radical (unpaired) electrons. The zero-order valence-corrected chi connectivity index (χ0v) is 6.36. The zero-order valence-electron chi connectivity index (χ0n) is 6.36. The topological polar surface area (TPSA) is 35.8 Å². The summed E-state index contributed by atoms with van der Waals surface area (Å²) < 4.78 is 0. The van der Waals surface area contributed by atoms with Gasteiger partial charge in [0, 0.05) is 7.05 Å². The van der Waals surface area contributed by atoms with Crippen LogP contribution in [0.15, 0.2) is 29.3 Å². The van der Waals surface area contributed by atoms with E-state index in [1.54, 1.807) is 31.3 Å². The summed E-state index contributed by atoms with van der Waals surface area (Å²) >= 11 is 0. The molecule has 11 heavy (non-hydrogen) atoms. The second-order valence-electron chi connectivity index (χ2n) is 2.20. The summed E-state index contributed by atoms with van der Waals surface area (Å²) in [6.45, 7) is 3.38. The van der Waals surface area contributed by atoms with Crippen LogP contribution in [0.25, 0.3) is 0 Å². The van der Waals surface area contributed by atoms with Gasteiger partial charge in [-0.1, -0.05) is 0 Å². The van der Waals surface area contributed by atoms with Crippen molar-refractivity contribution in [3.63, 3.8) is 0 Å². The molecule has 0 spiro atoms. The second kappa shape index (κ2) is 3.16. The minimum absolute atomic E-state index is 0.734. The van der Waals surface area contributed by atoms with Crippen molar-refractivity contribution < 1.29 is 5.21 Å². The lowest BCUT2D eigenvalue weighted by molar-refractivity contribution is 0.279. The van der Waals surface area contributed by atoms with Gasteiger partial charge >= 0.3 is 0 Å². The molecule has 3 heteroatoms. The normalized spacial score (nSPS) is 9.27. The van der Waals surface area contributed by atoms with Gasteiger partial charge in [0.15, 0.2) is 0 Å². The molecule has 58 valence electrons. The van der Waals surface area contributed by atoms with Crippen molar-refractivity contribution in [2.75, 3.05) is 12.1 Å². The molecular weight excluding hydrogens is 140 g/mol. The van der Waals surface area contributed by atoms with Crippen molar-refractivity contribution in [3.8, 4) is 0 Å². The third-order valence-electron chi connectivity index (χ3n) is 1.41. The summed E-state index contributed by atoms with van der Waals surface area (Å²) in [5, 5.41) is 10.0. The van der Waals surface area contributed by atoms with Crippen LogP contribution < -0.4 is 5.06 Å². The predicted octanol–water partition coefficient (Wildman–Crippen LogP) is 1.84. The molecule has 0 aliphatic rings. The molecule has 0 aliphatic heterocycles. The first kappa shape index (κ1) is 7.75. The Morgan fingerprint density at radius 3 is 2.27 bits per heavy atom. The highest BCUT2D eigenvalue weighted by molar-refractivity contribution is 5.53. The lowest BCUT2D eigenvalue weighted by Crippen LogP contribution is -2.08. The smallest absolute Gasteiger partial charge is 0.0632 e. The van der Waals surface area contributed by atoms with Crippen LogP contribution in [0.1, 0.15) is 0 Å². The number of hydroxylamine groups is 1. The molecule has 0 atom stereocenters. The van der Waals surface area contributed by atoms with E-state index in [4.69, 9.17) is 5.21 Å². The van der Waals surface area contributed by atoms with Gasteiger partial charge in [-0.2, -0.15) is 0 Å². The summed E-state index contributed by atoms with van der Waals surface area (Å²) in [5.74, 6) is 0. The van der Waals surface area contributed by atoms with E-state index in [1.165, 1.54) is 0 Å². The molecule has 1 aromatic carbocycles. The molecule has 0 heterocycles. The Balaban J connectivity index is 2.91. The lowest BCUT2D eigenvalue weighted by Gasteiger charge is -2.09. The van der Waals surface area contributed by atoms with Crippen LogP contribution >= 0.6 is 0 Å². The molecule has 1 N–H and O–H groups in total. The van der Waals surface area contributed by atoms with Gasteiger partial charge in [0.1, 0.15) is 0 Å². The van der Waals surface area contributed by atoms with E-state index in [1.807, 2.05) is 0 Å². The first-order valence-electron chi connectivity index (χ1n) is 3.23. The van der Waals surface area contributed by atoms with E-state index in [0.717, 1.165) is 16.4 Å². The first-order chi connectivity index (χ1) is 5.24. The number of hydrogen-bond acceptors (Lipinski definition) is 3. The Kier molecular flexibility index (Phi) is 2.23. The third kappa shape index (κ3) is 1.78. The molecule has 0 bridgehead atoms. The first-order valence-corrected chi connectivity index (χ1v) is 3.23. The van der Waals surface area contributed by atoms with E-state index in [0.29, 0.717) is 0 Å². The summed E-state index contributed by atoms with van der Waals surface area (Å²) in [7, 11) is 1.57. The van der Waals surface area contributed by atoms with Crippen molar-refractivity contribution in [2.24, 2.45) is 4.99 Å². The van der Waals surface area contributed by atoms with Crippen LogP contribution in [-0.4, -0.2) is 19.0 Å². The molecule has 1 aromatic rings. The SMILES string of the molecule is C=Nc1ccc(N(C)O)cc1. The fraction of sp³-hybridized carbons (Fsp3) is 0.125. The highest BCUT2D eigenvalue weighted by atomic mass is 16.5. The average Bonchev–Trinajstić information content (AvgIpc) is 2.05. The zero-order chi connectivity index (χ0) is 8.27. The van der Waals surface area contributed by atoms with Crippen LogP contribution in [0.3, 0.4) is 0 Å². The van der Waals surface area contributed by atoms with Crippen LogP contribution in [0, 0.1) is 0 Å². The highest BCUT2D eigenvalue weighted by Gasteiger charge is 1.94. The van der Waals surface area contributed by atoms with Gasteiger partial charge in [-0.05, 0) is 31.0 Å². The van der Waals surface area contributed by atoms with Crippen LogP contribution in [0.5, 0.6) is 0 Å². The van der Waals surface area contributed by atoms with Crippen LogP contribution in [-0.2, 0) is 0 Å². The maximum absolute atomic E-state index is 8.97. The predicted molar refractivity (Wildman–Crippen MR) is 45.8 cm³/mol. The maximum Gasteiger partial charge on any atom is 0.0632 e. The summed E-state index contributed by atoms with van der Waals surface area (Å²) in [6.07, 6.45) is 0. The van der Waals surface area contributed by atoms with Crippen molar-refractivity contribution in [2.45, 2.75) is 0 Å². The molecule has 0 unspecified atom stereocenters. The average molecular weight is 150 g/mol. The van der Waals surface area contributed by atoms with Gasteiger partial charge in [-0.25, -0.2) is 0 Å².